The van der Waals surface area contributed by atoms with Crippen LogP contribution < -0.4 is 5.73 Å². The molecule has 1 unspecified atom stereocenters. The van der Waals surface area contributed by atoms with Crippen molar-refractivity contribution >= 4 is 17.6 Å². The Bertz CT molecular complexity index is 368. The Morgan fingerprint density at radius 2 is 2.44 bits per heavy atom. The molecule has 0 spiro atoms. The van der Waals surface area contributed by atoms with Crippen molar-refractivity contribution < 1.29 is 5.21 Å². The molecule has 0 fully saturated rings. The van der Waals surface area contributed by atoms with Gasteiger partial charge in [-0.05, 0) is 18.1 Å². The molecule has 1 rings (SSSR count). The predicted octanol–water partition coefficient (Wildman–Crippen LogP) is 2.21. The second kappa shape index (κ2) is 6.37. The van der Waals surface area contributed by atoms with Gasteiger partial charge in [0, 0.05) is 17.2 Å². The van der Waals surface area contributed by atoms with Gasteiger partial charge in [0.2, 0.25) is 0 Å². The summed E-state index contributed by atoms with van der Waals surface area (Å²) in [5.74, 6) is 0.898. The van der Waals surface area contributed by atoms with Crippen LogP contribution in [-0.4, -0.2) is 21.3 Å². The maximum atomic E-state index is 8.65. The molecule has 1 heterocycles. The fourth-order valence-electron chi connectivity index (χ4n) is 1.18. The van der Waals surface area contributed by atoms with Gasteiger partial charge in [-0.3, -0.25) is 4.98 Å². The van der Waals surface area contributed by atoms with E-state index in [1.165, 1.54) is 0 Å². The molecule has 3 N–H and O–H groups in total. The van der Waals surface area contributed by atoms with Crippen molar-refractivity contribution in [1.29, 1.82) is 0 Å². The van der Waals surface area contributed by atoms with Crippen LogP contribution in [0.1, 0.15) is 31.5 Å². The zero-order valence-corrected chi connectivity index (χ0v) is 10.4. The first-order valence-corrected chi connectivity index (χ1v) is 6.27. The fourth-order valence-corrected chi connectivity index (χ4v) is 2.12. The topological polar surface area (TPSA) is 71.5 Å². The van der Waals surface area contributed by atoms with Crippen molar-refractivity contribution in [2.45, 2.75) is 31.3 Å². The highest BCUT2D eigenvalue weighted by atomic mass is 32.2. The van der Waals surface area contributed by atoms with Crippen LogP contribution in [0.25, 0.3) is 0 Å². The van der Waals surface area contributed by atoms with Gasteiger partial charge in [-0.2, -0.15) is 11.8 Å². The molecule has 1 atom stereocenters. The molecule has 0 aromatic carbocycles. The molecular weight excluding hydrogens is 222 g/mol. The summed E-state index contributed by atoms with van der Waals surface area (Å²) < 4.78 is 0. The van der Waals surface area contributed by atoms with E-state index in [1.54, 1.807) is 6.20 Å². The summed E-state index contributed by atoms with van der Waals surface area (Å²) in [5.41, 5.74) is 7.14. The molecule has 5 heteroatoms. The number of pyridine rings is 1. The number of aromatic nitrogens is 1. The highest BCUT2D eigenvalue weighted by molar-refractivity contribution is 7.99. The van der Waals surface area contributed by atoms with E-state index in [-0.39, 0.29) is 5.84 Å². The molecule has 1 aromatic heterocycles. The zero-order valence-electron chi connectivity index (χ0n) is 9.55. The summed E-state index contributed by atoms with van der Waals surface area (Å²) in [4.78, 5) is 4.12. The first kappa shape index (κ1) is 12.8. The minimum absolute atomic E-state index is 0.0698. The van der Waals surface area contributed by atoms with Crippen LogP contribution in [0.4, 0.5) is 0 Å². The molecule has 1 aromatic rings. The highest BCUT2D eigenvalue weighted by Crippen LogP contribution is 2.20. The molecule has 0 amide bonds. The van der Waals surface area contributed by atoms with Gasteiger partial charge >= 0.3 is 0 Å². The Morgan fingerprint density at radius 3 is 3.06 bits per heavy atom. The molecular formula is C11H17N3OS. The monoisotopic (exact) mass is 239 g/mol. The van der Waals surface area contributed by atoms with Gasteiger partial charge in [0.05, 0.1) is 0 Å². The standard InChI is InChI=1S/C11H17N3OS/c1-3-8(2)16-7-9-5-4-6-13-10(9)11(12)14-15/h4-6,8,15H,3,7H2,1-2H3,(H2,12,14). The molecule has 88 valence electrons. The van der Waals surface area contributed by atoms with Gasteiger partial charge in [-0.1, -0.05) is 25.1 Å². The molecule has 0 bridgehead atoms. The third kappa shape index (κ3) is 3.41. The van der Waals surface area contributed by atoms with Crippen LogP contribution in [0.3, 0.4) is 0 Å². The summed E-state index contributed by atoms with van der Waals surface area (Å²) in [5, 5.41) is 12.2. The van der Waals surface area contributed by atoms with Gasteiger partial charge in [0.15, 0.2) is 5.84 Å². The quantitative estimate of drug-likeness (QED) is 0.357. The lowest BCUT2D eigenvalue weighted by Crippen LogP contribution is -2.17. The van der Waals surface area contributed by atoms with E-state index in [0.29, 0.717) is 10.9 Å². The summed E-state index contributed by atoms with van der Waals surface area (Å²) in [6.07, 6.45) is 2.77. The van der Waals surface area contributed by atoms with Gasteiger partial charge in [0.25, 0.3) is 0 Å². The molecule has 0 saturated heterocycles. The van der Waals surface area contributed by atoms with Crippen molar-refractivity contribution in [2.24, 2.45) is 10.9 Å². The van der Waals surface area contributed by atoms with Crippen molar-refractivity contribution in [3.05, 3.63) is 29.6 Å². The molecule has 16 heavy (non-hydrogen) atoms. The van der Waals surface area contributed by atoms with E-state index in [0.717, 1.165) is 17.7 Å². The van der Waals surface area contributed by atoms with E-state index in [9.17, 15) is 0 Å². The smallest absolute Gasteiger partial charge is 0.189 e. The van der Waals surface area contributed by atoms with Crippen LogP contribution in [0, 0.1) is 0 Å². The van der Waals surface area contributed by atoms with E-state index in [1.807, 2.05) is 23.9 Å². The molecule has 4 nitrogen and oxygen atoms in total. The number of nitrogens with two attached hydrogens (primary N) is 1. The third-order valence-corrected chi connectivity index (χ3v) is 3.72. The Hall–Kier alpha value is -1.23. The lowest BCUT2D eigenvalue weighted by Gasteiger charge is -2.10. The number of rotatable bonds is 5. The highest BCUT2D eigenvalue weighted by Gasteiger charge is 2.09. The predicted molar refractivity (Wildman–Crippen MR) is 67.8 cm³/mol. The van der Waals surface area contributed by atoms with E-state index >= 15 is 0 Å². The van der Waals surface area contributed by atoms with Crippen molar-refractivity contribution in [3.8, 4) is 0 Å². The Kier molecular flexibility index (Phi) is 5.11. The van der Waals surface area contributed by atoms with Crippen LogP contribution in [0.15, 0.2) is 23.5 Å². The first-order chi connectivity index (χ1) is 7.69. The van der Waals surface area contributed by atoms with Crippen molar-refractivity contribution in [1.82, 2.24) is 4.98 Å². The Balaban J connectivity index is 2.79. The molecule has 0 aliphatic heterocycles. The summed E-state index contributed by atoms with van der Waals surface area (Å²) in [7, 11) is 0. The summed E-state index contributed by atoms with van der Waals surface area (Å²) in [6, 6.07) is 3.82. The summed E-state index contributed by atoms with van der Waals surface area (Å²) in [6.45, 7) is 4.34. The maximum absolute atomic E-state index is 8.65. The average molecular weight is 239 g/mol. The van der Waals surface area contributed by atoms with Gasteiger partial charge in [-0.15, -0.1) is 0 Å². The van der Waals surface area contributed by atoms with E-state index in [2.05, 4.69) is 24.0 Å². The zero-order chi connectivity index (χ0) is 12.0. The van der Waals surface area contributed by atoms with Gasteiger partial charge in [-0.25, -0.2) is 0 Å². The Labute approximate surface area is 99.9 Å². The normalized spacial score (nSPS) is 13.8. The number of nitrogens with zero attached hydrogens (tertiary/aromatic N) is 2. The maximum Gasteiger partial charge on any atom is 0.189 e. The van der Waals surface area contributed by atoms with Crippen LogP contribution in [-0.2, 0) is 5.75 Å². The van der Waals surface area contributed by atoms with Crippen molar-refractivity contribution in [3.63, 3.8) is 0 Å². The van der Waals surface area contributed by atoms with Crippen LogP contribution >= 0.6 is 11.8 Å². The summed E-state index contributed by atoms with van der Waals surface area (Å²) >= 11 is 1.84. The molecule has 0 aliphatic carbocycles. The minimum atomic E-state index is 0.0698. The van der Waals surface area contributed by atoms with Gasteiger partial charge in [0.1, 0.15) is 5.69 Å². The number of hydrogen-bond donors (Lipinski definition) is 2. The average Bonchev–Trinajstić information content (AvgIpc) is 2.35. The van der Waals surface area contributed by atoms with Crippen LogP contribution in [0.5, 0.6) is 0 Å². The van der Waals surface area contributed by atoms with E-state index in [4.69, 9.17) is 10.9 Å². The molecule has 0 aliphatic rings. The number of amidine groups is 1. The van der Waals surface area contributed by atoms with Crippen molar-refractivity contribution in [2.75, 3.05) is 0 Å². The van der Waals surface area contributed by atoms with Gasteiger partial charge < -0.3 is 10.9 Å². The molecule has 0 saturated carbocycles. The number of oxime groups is 1. The molecule has 0 radical (unpaired) electrons. The lowest BCUT2D eigenvalue weighted by molar-refractivity contribution is 0.318. The second-order valence-corrected chi connectivity index (χ2v) is 4.95. The van der Waals surface area contributed by atoms with E-state index < -0.39 is 0 Å². The first-order valence-electron chi connectivity index (χ1n) is 5.22. The lowest BCUT2D eigenvalue weighted by atomic mass is 10.2. The SMILES string of the molecule is CCC(C)SCc1cccnc1C(N)=NO. The number of hydrogen-bond acceptors (Lipinski definition) is 4. The Morgan fingerprint density at radius 1 is 1.69 bits per heavy atom. The number of thioether (sulfide) groups is 1. The second-order valence-electron chi connectivity index (χ2n) is 3.53. The minimum Gasteiger partial charge on any atom is -0.409 e. The third-order valence-electron chi connectivity index (χ3n) is 2.34. The largest absolute Gasteiger partial charge is 0.409 e. The fraction of sp³-hybridized carbons (Fsp3) is 0.455. The van der Waals surface area contributed by atoms with Crippen LogP contribution in [0.2, 0.25) is 0 Å².